The molecule has 1 aliphatic rings. The SMILES string of the molecule is CN(Cc1ccccc1)Cc1csc2c1CCCC2. The molecule has 19 heavy (non-hydrogen) atoms. The zero-order valence-corrected chi connectivity index (χ0v) is 12.4. The van der Waals surface area contributed by atoms with Gasteiger partial charge in [0.1, 0.15) is 0 Å². The van der Waals surface area contributed by atoms with Crippen LogP contribution < -0.4 is 0 Å². The summed E-state index contributed by atoms with van der Waals surface area (Å²) in [5.74, 6) is 0. The lowest BCUT2D eigenvalue weighted by atomic mass is 9.96. The van der Waals surface area contributed by atoms with Gasteiger partial charge in [-0.15, -0.1) is 11.3 Å². The molecule has 3 rings (SSSR count). The van der Waals surface area contributed by atoms with Crippen LogP contribution >= 0.6 is 11.3 Å². The number of benzene rings is 1. The zero-order chi connectivity index (χ0) is 13.1. The van der Waals surface area contributed by atoms with Gasteiger partial charge in [-0.1, -0.05) is 30.3 Å². The van der Waals surface area contributed by atoms with Gasteiger partial charge in [-0.05, 0) is 54.8 Å². The van der Waals surface area contributed by atoms with Crippen LogP contribution in [-0.2, 0) is 25.9 Å². The van der Waals surface area contributed by atoms with Crippen molar-refractivity contribution in [2.45, 2.75) is 38.8 Å². The average molecular weight is 271 g/mol. The summed E-state index contributed by atoms with van der Waals surface area (Å²) >= 11 is 1.97. The number of aryl methyl sites for hydroxylation is 1. The van der Waals surface area contributed by atoms with Crippen molar-refractivity contribution in [3.63, 3.8) is 0 Å². The molecule has 0 radical (unpaired) electrons. The predicted molar refractivity (Wildman–Crippen MR) is 82.6 cm³/mol. The van der Waals surface area contributed by atoms with E-state index in [2.05, 4.69) is 47.7 Å². The molecule has 0 atom stereocenters. The highest BCUT2D eigenvalue weighted by molar-refractivity contribution is 7.10. The van der Waals surface area contributed by atoms with Crippen molar-refractivity contribution in [2.75, 3.05) is 7.05 Å². The van der Waals surface area contributed by atoms with Crippen molar-refractivity contribution in [1.82, 2.24) is 4.90 Å². The predicted octanol–water partition coefficient (Wildman–Crippen LogP) is 4.26. The minimum atomic E-state index is 1.03. The summed E-state index contributed by atoms with van der Waals surface area (Å²) < 4.78 is 0. The van der Waals surface area contributed by atoms with Gasteiger partial charge in [0.15, 0.2) is 0 Å². The Kier molecular flexibility index (Phi) is 4.00. The Morgan fingerprint density at radius 1 is 1.05 bits per heavy atom. The molecule has 0 N–H and O–H groups in total. The molecular weight excluding hydrogens is 250 g/mol. The summed E-state index contributed by atoms with van der Waals surface area (Å²) in [6.07, 6.45) is 5.36. The quantitative estimate of drug-likeness (QED) is 0.803. The smallest absolute Gasteiger partial charge is 0.0245 e. The molecule has 0 amide bonds. The molecule has 100 valence electrons. The van der Waals surface area contributed by atoms with Crippen molar-refractivity contribution < 1.29 is 0 Å². The first-order valence-electron chi connectivity index (χ1n) is 7.13. The second-order valence-electron chi connectivity index (χ2n) is 5.53. The van der Waals surface area contributed by atoms with E-state index < -0.39 is 0 Å². The van der Waals surface area contributed by atoms with E-state index in [-0.39, 0.29) is 0 Å². The maximum atomic E-state index is 2.42. The Bertz CT molecular complexity index is 529. The molecular formula is C17H21NS. The highest BCUT2D eigenvalue weighted by Gasteiger charge is 2.16. The van der Waals surface area contributed by atoms with E-state index >= 15 is 0 Å². The fourth-order valence-electron chi connectivity index (χ4n) is 2.94. The third-order valence-electron chi connectivity index (χ3n) is 3.88. The summed E-state index contributed by atoms with van der Waals surface area (Å²) in [6, 6.07) is 10.7. The van der Waals surface area contributed by atoms with Gasteiger partial charge in [-0.3, -0.25) is 4.90 Å². The first kappa shape index (κ1) is 12.9. The third kappa shape index (κ3) is 3.07. The molecule has 2 heteroatoms. The van der Waals surface area contributed by atoms with E-state index in [4.69, 9.17) is 0 Å². The van der Waals surface area contributed by atoms with Crippen LogP contribution in [0.1, 0.15) is 34.4 Å². The van der Waals surface area contributed by atoms with E-state index in [9.17, 15) is 0 Å². The van der Waals surface area contributed by atoms with Crippen LogP contribution in [0.5, 0.6) is 0 Å². The lowest BCUT2D eigenvalue weighted by Gasteiger charge is -2.19. The van der Waals surface area contributed by atoms with Crippen LogP contribution in [0.25, 0.3) is 0 Å². The molecule has 0 saturated carbocycles. The largest absolute Gasteiger partial charge is 0.298 e. The molecule has 0 fully saturated rings. The highest BCUT2D eigenvalue weighted by Crippen LogP contribution is 2.30. The first-order valence-corrected chi connectivity index (χ1v) is 8.01. The van der Waals surface area contributed by atoms with Gasteiger partial charge in [0.05, 0.1) is 0 Å². The molecule has 0 aliphatic heterocycles. The van der Waals surface area contributed by atoms with Gasteiger partial charge in [-0.2, -0.15) is 0 Å². The Hall–Kier alpha value is -1.12. The summed E-state index contributed by atoms with van der Waals surface area (Å²) in [7, 11) is 2.22. The molecule has 1 aliphatic carbocycles. The van der Waals surface area contributed by atoms with Gasteiger partial charge in [-0.25, -0.2) is 0 Å². The number of rotatable bonds is 4. The maximum Gasteiger partial charge on any atom is 0.0245 e. The second kappa shape index (κ2) is 5.89. The van der Waals surface area contributed by atoms with Crippen LogP contribution in [0.4, 0.5) is 0 Å². The normalized spacial score (nSPS) is 14.6. The number of fused-ring (bicyclic) bond motifs is 1. The van der Waals surface area contributed by atoms with E-state index in [1.54, 1.807) is 16.0 Å². The van der Waals surface area contributed by atoms with Crippen LogP contribution in [-0.4, -0.2) is 11.9 Å². The fourth-order valence-corrected chi connectivity index (χ4v) is 4.07. The molecule has 2 aromatic rings. The van der Waals surface area contributed by atoms with Crippen LogP contribution in [0.15, 0.2) is 35.7 Å². The van der Waals surface area contributed by atoms with Crippen LogP contribution in [0, 0.1) is 0 Å². The maximum absolute atomic E-state index is 2.42. The fraction of sp³-hybridized carbons (Fsp3) is 0.412. The van der Waals surface area contributed by atoms with Gasteiger partial charge in [0.25, 0.3) is 0 Å². The van der Waals surface area contributed by atoms with Gasteiger partial charge < -0.3 is 0 Å². The molecule has 1 aromatic carbocycles. The molecule has 0 unspecified atom stereocenters. The second-order valence-corrected chi connectivity index (χ2v) is 6.49. The summed E-state index contributed by atoms with van der Waals surface area (Å²) in [5.41, 5.74) is 4.63. The molecule has 0 saturated heterocycles. The van der Waals surface area contributed by atoms with Gasteiger partial charge in [0, 0.05) is 18.0 Å². The number of hydrogen-bond donors (Lipinski definition) is 0. The minimum Gasteiger partial charge on any atom is -0.298 e. The monoisotopic (exact) mass is 271 g/mol. The summed E-state index contributed by atoms with van der Waals surface area (Å²) in [5, 5.41) is 2.39. The van der Waals surface area contributed by atoms with Crippen LogP contribution in [0.3, 0.4) is 0 Å². The van der Waals surface area contributed by atoms with E-state index in [0.717, 1.165) is 13.1 Å². The molecule has 0 bridgehead atoms. The van der Waals surface area contributed by atoms with Crippen molar-refractivity contribution >= 4 is 11.3 Å². The lowest BCUT2D eigenvalue weighted by molar-refractivity contribution is 0.318. The zero-order valence-electron chi connectivity index (χ0n) is 11.6. The lowest BCUT2D eigenvalue weighted by Crippen LogP contribution is -2.18. The Morgan fingerprint density at radius 3 is 2.68 bits per heavy atom. The molecule has 0 spiro atoms. The number of thiophene rings is 1. The minimum absolute atomic E-state index is 1.03. The van der Waals surface area contributed by atoms with Crippen molar-refractivity contribution in [3.05, 3.63) is 57.3 Å². The molecule has 1 heterocycles. The molecule has 1 nitrogen and oxygen atoms in total. The van der Waals surface area contributed by atoms with E-state index in [0.29, 0.717) is 0 Å². The first-order chi connectivity index (χ1) is 9.33. The standard InChI is InChI=1S/C17H21NS/c1-18(11-14-7-3-2-4-8-14)12-15-13-19-17-10-6-5-9-16(15)17/h2-4,7-8,13H,5-6,9-12H2,1H3. The van der Waals surface area contributed by atoms with Crippen molar-refractivity contribution in [2.24, 2.45) is 0 Å². The molecule has 1 aromatic heterocycles. The number of hydrogen-bond acceptors (Lipinski definition) is 2. The Labute approximate surface area is 119 Å². The topological polar surface area (TPSA) is 3.24 Å². The summed E-state index contributed by atoms with van der Waals surface area (Å²) in [4.78, 5) is 4.07. The summed E-state index contributed by atoms with van der Waals surface area (Å²) in [6.45, 7) is 2.12. The van der Waals surface area contributed by atoms with Crippen molar-refractivity contribution in [3.8, 4) is 0 Å². The average Bonchev–Trinajstić information content (AvgIpc) is 2.83. The Balaban J connectivity index is 1.66. The highest BCUT2D eigenvalue weighted by atomic mass is 32.1. The number of nitrogens with zero attached hydrogens (tertiary/aromatic N) is 1. The van der Waals surface area contributed by atoms with E-state index in [1.807, 2.05) is 11.3 Å². The Morgan fingerprint density at radius 2 is 1.84 bits per heavy atom. The van der Waals surface area contributed by atoms with Crippen LogP contribution in [0.2, 0.25) is 0 Å². The van der Waals surface area contributed by atoms with Gasteiger partial charge in [0.2, 0.25) is 0 Å². The van der Waals surface area contributed by atoms with Gasteiger partial charge >= 0.3 is 0 Å². The third-order valence-corrected chi connectivity index (χ3v) is 5.02. The van der Waals surface area contributed by atoms with E-state index in [1.165, 1.54) is 31.2 Å². The van der Waals surface area contributed by atoms with Crippen molar-refractivity contribution in [1.29, 1.82) is 0 Å².